The van der Waals surface area contributed by atoms with Crippen LogP contribution in [0.4, 0.5) is 0 Å². The molecule has 0 aromatic heterocycles. The molecule has 6 heteroatoms. The van der Waals surface area contributed by atoms with Gasteiger partial charge in [-0.05, 0) is 25.2 Å². The van der Waals surface area contributed by atoms with E-state index < -0.39 is 23.3 Å². The monoisotopic (exact) mass is 282 g/mol. The van der Waals surface area contributed by atoms with Crippen molar-refractivity contribution in [2.45, 2.75) is 39.2 Å². The van der Waals surface area contributed by atoms with Crippen molar-refractivity contribution >= 4 is 11.9 Å². The second kappa shape index (κ2) is 7.25. The zero-order valence-electron chi connectivity index (χ0n) is 12.3. The fraction of sp³-hybridized carbons (Fsp3) is 0.786. The highest BCUT2D eigenvalue weighted by Crippen LogP contribution is 2.30. The fourth-order valence-corrected chi connectivity index (χ4v) is 2.23. The Labute approximate surface area is 119 Å². The number of nitrogens with zero attached hydrogens (tertiary/aromatic N) is 1. The molecule has 0 aliphatic carbocycles. The van der Waals surface area contributed by atoms with Crippen LogP contribution in [0.25, 0.3) is 0 Å². The van der Waals surface area contributed by atoms with E-state index in [4.69, 9.17) is 9.47 Å². The van der Waals surface area contributed by atoms with Crippen LogP contribution in [0.5, 0.6) is 0 Å². The van der Waals surface area contributed by atoms with Crippen molar-refractivity contribution in [3.05, 3.63) is 0 Å². The first-order valence-electron chi connectivity index (χ1n) is 6.83. The topological polar surface area (TPSA) is 88.4 Å². The second-order valence-electron chi connectivity index (χ2n) is 5.49. The molecule has 6 nitrogen and oxygen atoms in total. The molecule has 1 atom stereocenters. The lowest BCUT2D eigenvalue weighted by molar-refractivity contribution is -0.147. The molecule has 1 saturated heterocycles. The summed E-state index contributed by atoms with van der Waals surface area (Å²) in [5.74, 6) is -0.654. The van der Waals surface area contributed by atoms with Gasteiger partial charge in [0.15, 0.2) is 0 Å². The van der Waals surface area contributed by atoms with Crippen LogP contribution in [-0.4, -0.2) is 38.2 Å². The lowest BCUT2D eigenvalue weighted by atomic mass is 9.80. The summed E-state index contributed by atoms with van der Waals surface area (Å²) in [5, 5.41) is 12.0. The number of carbonyl (C=O) groups is 2. The Hall–Kier alpha value is -1.61. The Morgan fingerprint density at radius 3 is 2.45 bits per heavy atom. The summed E-state index contributed by atoms with van der Waals surface area (Å²) in [6, 6.07) is 1.38. The van der Waals surface area contributed by atoms with Crippen molar-refractivity contribution in [1.82, 2.24) is 5.32 Å². The quantitative estimate of drug-likeness (QED) is 0.760. The second-order valence-corrected chi connectivity index (χ2v) is 5.49. The third kappa shape index (κ3) is 3.94. The van der Waals surface area contributed by atoms with Crippen LogP contribution in [0, 0.1) is 22.7 Å². The molecule has 1 heterocycles. The van der Waals surface area contributed by atoms with E-state index in [1.807, 2.05) is 13.8 Å². The molecule has 1 aliphatic rings. The van der Waals surface area contributed by atoms with Crippen molar-refractivity contribution < 1.29 is 19.1 Å². The van der Waals surface area contributed by atoms with Gasteiger partial charge in [0.2, 0.25) is 5.91 Å². The average molecular weight is 282 g/mol. The maximum Gasteiger partial charge on any atom is 0.328 e. The molecular weight excluding hydrogens is 260 g/mol. The van der Waals surface area contributed by atoms with Gasteiger partial charge in [0, 0.05) is 13.2 Å². The third-order valence-corrected chi connectivity index (χ3v) is 3.49. The molecule has 0 saturated carbocycles. The normalized spacial score (nSPS) is 18.9. The Kier molecular flexibility index (Phi) is 5.96. The molecule has 1 fully saturated rings. The number of nitrogens with one attached hydrogen (secondary N) is 1. The number of esters is 1. The van der Waals surface area contributed by atoms with Gasteiger partial charge < -0.3 is 14.8 Å². The summed E-state index contributed by atoms with van der Waals surface area (Å²) in [6.07, 6.45) is 1.19. The molecule has 0 spiro atoms. The summed E-state index contributed by atoms with van der Waals surface area (Å²) in [4.78, 5) is 24.1. The molecule has 1 aliphatic heterocycles. The van der Waals surface area contributed by atoms with E-state index in [0.717, 1.165) is 0 Å². The molecule has 0 radical (unpaired) electrons. The predicted octanol–water partition coefficient (Wildman–Crippen LogP) is 1.01. The number of nitriles is 1. The van der Waals surface area contributed by atoms with Gasteiger partial charge >= 0.3 is 5.97 Å². The van der Waals surface area contributed by atoms with Crippen LogP contribution in [0.3, 0.4) is 0 Å². The maximum absolute atomic E-state index is 12.4. The first-order chi connectivity index (χ1) is 9.45. The molecule has 1 N–H and O–H groups in total. The van der Waals surface area contributed by atoms with Gasteiger partial charge in [0.25, 0.3) is 0 Å². The van der Waals surface area contributed by atoms with Gasteiger partial charge in [0.1, 0.15) is 11.5 Å². The highest BCUT2D eigenvalue weighted by atomic mass is 16.5. The van der Waals surface area contributed by atoms with Crippen LogP contribution < -0.4 is 5.32 Å². The molecule has 0 aromatic carbocycles. The van der Waals surface area contributed by atoms with Gasteiger partial charge in [-0.25, -0.2) is 4.79 Å². The lowest BCUT2D eigenvalue weighted by Gasteiger charge is -2.31. The number of carbonyl (C=O) groups excluding carboxylic acids is 2. The summed E-state index contributed by atoms with van der Waals surface area (Å²) in [7, 11) is 1.29. The van der Waals surface area contributed by atoms with Crippen molar-refractivity contribution in [2.24, 2.45) is 11.3 Å². The Morgan fingerprint density at radius 2 is 2.00 bits per heavy atom. The van der Waals surface area contributed by atoms with E-state index in [9.17, 15) is 14.9 Å². The van der Waals surface area contributed by atoms with Crippen LogP contribution in [0.2, 0.25) is 0 Å². The van der Waals surface area contributed by atoms with Crippen LogP contribution in [0.1, 0.15) is 33.1 Å². The first-order valence-corrected chi connectivity index (χ1v) is 6.83. The predicted molar refractivity (Wildman–Crippen MR) is 71.5 cm³/mol. The number of rotatable bonds is 5. The van der Waals surface area contributed by atoms with Crippen LogP contribution in [0.15, 0.2) is 0 Å². The minimum absolute atomic E-state index is 0.229. The SMILES string of the molecule is COC(=O)C(CC(C)C)NC(=O)C1(C#N)CCOCC1. The largest absolute Gasteiger partial charge is 0.467 e. The number of methoxy groups -OCH3 is 1. The summed E-state index contributed by atoms with van der Waals surface area (Å²) in [6.45, 7) is 4.68. The first kappa shape index (κ1) is 16.4. The zero-order chi connectivity index (χ0) is 15.2. The summed E-state index contributed by atoms with van der Waals surface area (Å²) in [5.41, 5.74) is -1.10. The van der Waals surface area contributed by atoms with Gasteiger partial charge in [-0.15, -0.1) is 0 Å². The van der Waals surface area contributed by atoms with E-state index in [-0.39, 0.29) is 5.92 Å². The van der Waals surface area contributed by atoms with Gasteiger partial charge in [-0.2, -0.15) is 5.26 Å². The van der Waals surface area contributed by atoms with Gasteiger partial charge in [-0.3, -0.25) is 4.79 Å². The van der Waals surface area contributed by atoms with E-state index in [1.165, 1.54) is 7.11 Å². The smallest absolute Gasteiger partial charge is 0.328 e. The minimum Gasteiger partial charge on any atom is -0.467 e. The van der Waals surface area contributed by atoms with Gasteiger partial charge in [-0.1, -0.05) is 13.8 Å². The number of ether oxygens (including phenoxy) is 2. The number of hydrogen-bond acceptors (Lipinski definition) is 5. The Bertz CT molecular complexity index is 394. The van der Waals surface area contributed by atoms with E-state index in [0.29, 0.717) is 32.5 Å². The fourth-order valence-electron chi connectivity index (χ4n) is 2.23. The summed E-state index contributed by atoms with van der Waals surface area (Å²) < 4.78 is 9.90. The molecule has 20 heavy (non-hydrogen) atoms. The average Bonchev–Trinajstić information content (AvgIpc) is 2.45. The van der Waals surface area contributed by atoms with Gasteiger partial charge in [0.05, 0.1) is 13.2 Å². The number of amides is 1. The Balaban J connectivity index is 2.78. The molecule has 0 aromatic rings. The van der Waals surface area contributed by atoms with Crippen molar-refractivity contribution in [3.8, 4) is 6.07 Å². The van der Waals surface area contributed by atoms with Crippen molar-refractivity contribution in [3.63, 3.8) is 0 Å². The van der Waals surface area contributed by atoms with E-state index in [1.54, 1.807) is 0 Å². The maximum atomic E-state index is 12.4. The minimum atomic E-state index is -1.10. The van der Waals surface area contributed by atoms with E-state index >= 15 is 0 Å². The van der Waals surface area contributed by atoms with Crippen molar-refractivity contribution in [2.75, 3.05) is 20.3 Å². The van der Waals surface area contributed by atoms with Crippen molar-refractivity contribution in [1.29, 1.82) is 5.26 Å². The highest BCUT2D eigenvalue weighted by molar-refractivity contribution is 5.89. The Morgan fingerprint density at radius 1 is 1.40 bits per heavy atom. The molecule has 1 unspecified atom stereocenters. The highest BCUT2D eigenvalue weighted by Gasteiger charge is 2.42. The molecule has 1 amide bonds. The number of hydrogen-bond donors (Lipinski definition) is 1. The summed E-state index contributed by atoms with van der Waals surface area (Å²) >= 11 is 0. The molecule has 112 valence electrons. The van der Waals surface area contributed by atoms with Crippen LogP contribution >= 0.6 is 0 Å². The molecule has 1 rings (SSSR count). The van der Waals surface area contributed by atoms with E-state index in [2.05, 4.69) is 11.4 Å². The third-order valence-electron chi connectivity index (χ3n) is 3.49. The zero-order valence-corrected chi connectivity index (χ0v) is 12.3. The molecular formula is C14H22N2O4. The van der Waals surface area contributed by atoms with Crippen LogP contribution in [-0.2, 0) is 19.1 Å². The lowest BCUT2D eigenvalue weighted by Crippen LogP contribution is -2.50. The standard InChI is InChI=1S/C14H22N2O4/c1-10(2)8-11(12(17)19-3)16-13(18)14(9-15)4-6-20-7-5-14/h10-11H,4-8H2,1-3H3,(H,16,18). The molecule has 0 bridgehead atoms.